The third-order valence-corrected chi connectivity index (χ3v) is 3.84. The van der Waals surface area contributed by atoms with Crippen molar-refractivity contribution in [3.63, 3.8) is 0 Å². The molecule has 0 aromatic heterocycles. The summed E-state index contributed by atoms with van der Waals surface area (Å²) in [5.41, 5.74) is 0.850. The fraction of sp³-hybridized carbons (Fsp3) is 0.118. The summed E-state index contributed by atoms with van der Waals surface area (Å²) in [5.74, 6) is -0.600. The number of ketones is 1. The summed E-state index contributed by atoms with van der Waals surface area (Å²) in [5, 5.41) is 9.65. The molecule has 0 saturated carbocycles. The zero-order valence-corrected chi connectivity index (χ0v) is 14.1. The van der Waals surface area contributed by atoms with Gasteiger partial charge in [0.1, 0.15) is 0 Å². The van der Waals surface area contributed by atoms with Gasteiger partial charge in [-0.05, 0) is 48.0 Å². The molecule has 0 unspecified atom stereocenters. The van der Waals surface area contributed by atoms with Crippen LogP contribution in [0, 0.1) is 5.82 Å². The van der Waals surface area contributed by atoms with Gasteiger partial charge in [-0.15, -0.1) is 0 Å². The van der Waals surface area contributed by atoms with Crippen LogP contribution < -0.4 is 9.47 Å². The van der Waals surface area contributed by atoms with E-state index in [4.69, 9.17) is 9.47 Å². The number of ether oxygens (including phenoxy) is 2. The van der Waals surface area contributed by atoms with Crippen LogP contribution in [-0.2, 0) is 0 Å². The second kappa shape index (κ2) is 7.28. The molecule has 0 radical (unpaired) electrons. The number of carbonyl (C=O) groups is 1. The second-order valence-corrected chi connectivity index (χ2v) is 5.45. The largest absolute Gasteiger partial charge is 0.504 e. The molecular formula is C17H14BrFO4. The minimum absolute atomic E-state index is 0.0138. The van der Waals surface area contributed by atoms with Gasteiger partial charge in [-0.2, -0.15) is 0 Å². The van der Waals surface area contributed by atoms with Crippen LogP contribution in [0.15, 0.2) is 40.9 Å². The summed E-state index contributed by atoms with van der Waals surface area (Å²) < 4.78 is 24.1. The highest BCUT2D eigenvalue weighted by Gasteiger charge is 2.09. The zero-order chi connectivity index (χ0) is 17.0. The molecule has 23 heavy (non-hydrogen) atoms. The van der Waals surface area contributed by atoms with E-state index >= 15 is 0 Å². The summed E-state index contributed by atoms with van der Waals surface area (Å²) in [6, 6.07) is 7.06. The topological polar surface area (TPSA) is 55.8 Å². The number of allylic oxidation sites excluding steroid dienone is 1. The maximum absolute atomic E-state index is 13.6. The molecule has 120 valence electrons. The third kappa shape index (κ3) is 3.90. The van der Waals surface area contributed by atoms with Crippen molar-refractivity contribution >= 4 is 27.8 Å². The standard InChI is InChI=1S/C17H14BrFO4/c1-22-16-6-4-11(7-13(16)19)14(20)5-3-10-8-17(23-2)15(21)9-12(10)18/h3-9,21H,1-2H3. The molecule has 0 atom stereocenters. The SMILES string of the molecule is COc1cc(C=CC(=O)c2ccc(OC)c(F)c2)c(Br)cc1O. The number of rotatable bonds is 5. The van der Waals surface area contributed by atoms with Gasteiger partial charge in [-0.3, -0.25) is 4.79 Å². The highest BCUT2D eigenvalue weighted by Crippen LogP contribution is 2.33. The molecule has 0 aliphatic heterocycles. The Morgan fingerprint density at radius 3 is 2.48 bits per heavy atom. The lowest BCUT2D eigenvalue weighted by atomic mass is 10.1. The predicted octanol–water partition coefficient (Wildman–Crippen LogP) is 4.21. The van der Waals surface area contributed by atoms with Gasteiger partial charge in [0.15, 0.2) is 28.8 Å². The molecule has 2 aromatic rings. The summed E-state index contributed by atoms with van der Waals surface area (Å²) in [6.45, 7) is 0. The number of benzene rings is 2. The Morgan fingerprint density at radius 2 is 1.87 bits per heavy atom. The third-order valence-electron chi connectivity index (χ3n) is 3.15. The fourth-order valence-electron chi connectivity index (χ4n) is 1.93. The fourth-order valence-corrected chi connectivity index (χ4v) is 2.39. The quantitative estimate of drug-likeness (QED) is 0.623. The van der Waals surface area contributed by atoms with Crippen molar-refractivity contribution in [1.29, 1.82) is 0 Å². The van der Waals surface area contributed by atoms with Crippen LogP contribution in [0.25, 0.3) is 6.08 Å². The lowest BCUT2D eigenvalue weighted by Crippen LogP contribution is -1.97. The Morgan fingerprint density at radius 1 is 1.17 bits per heavy atom. The van der Waals surface area contributed by atoms with Crippen LogP contribution >= 0.6 is 15.9 Å². The molecule has 0 aliphatic carbocycles. The van der Waals surface area contributed by atoms with Crippen molar-refractivity contribution in [1.82, 2.24) is 0 Å². The molecule has 1 N–H and O–H groups in total. The highest BCUT2D eigenvalue weighted by atomic mass is 79.9. The first-order valence-electron chi connectivity index (χ1n) is 6.58. The molecule has 2 rings (SSSR count). The number of aromatic hydroxyl groups is 1. The van der Waals surface area contributed by atoms with E-state index < -0.39 is 5.82 Å². The molecule has 0 bridgehead atoms. The van der Waals surface area contributed by atoms with Crippen LogP contribution in [0.2, 0.25) is 0 Å². The van der Waals surface area contributed by atoms with Gasteiger partial charge in [-0.1, -0.05) is 15.9 Å². The van der Waals surface area contributed by atoms with Crippen molar-refractivity contribution in [3.05, 3.63) is 57.8 Å². The van der Waals surface area contributed by atoms with Crippen LogP contribution in [0.5, 0.6) is 17.2 Å². The number of methoxy groups -OCH3 is 2. The Hall–Kier alpha value is -2.34. The Labute approximate surface area is 141 Å². The molecule has 0 aliphatic rings. The Balaban J connectivity index is 2.26. The van der Waals surface area contributed by atoms with Gasteiger partial charge in [0.2, 0.25) is 0 Å². The van der Waals surface area contributed by atoms with E-state index in [-0.39, 0.29) is 28.6 Å². The first-order valence-corrected chi connectivity index (χ1v) is 7.38. The van der Waals surface area contributed by atoms with Gasteiger partial charge >= 0.3 is 0 Å². The van der Waals surface area contributed by atoms with Gasteiger partial charge < -0.3 is 14.6 Å². The molecule has 0 saturated heterocycles. The smallest absolute Gasteiger partial charge is 0.185 e. The first kappa shape index (κ1) is 17.0. The molecule has 6 heteroatoms. The van der Waals surface area contributed by atoms with Crippen molar-refractivity contribution in [2.45, 2.75) is 0 Å². The average Bonchev–Trinajstić information content (AvgIpc) is 2.53. The summed E-state index contributed by atoms with van der Waals surface area (Å²) in [6.07, 6.45) is 2.87. The van der Waals surface area contributed by atoms with E-state index in [9.17, 15) is 14.3 Å². The molecule has 0 amide bonds. The number of phenols is 1. The summed E-state index contributed by atoms with van der Waals surface area (Å²) in [4.78, 5) is 12.1. The van der Waals surface area contributed by atoms with Crippen molar-refractivity contribution < 1.29 is 23.8 Å². The molecule has 0 heterocycles. The summed E-state index contributed by atoms with van der Waals surface area (Å²) >= 11 is 3.29. The van der Waals surface area contributed by atoms with Gasteiger partial charge in [-0.25, -0.2) is 4.39 Å². The van der Waals surface area contributed by atoms with E-state index in [1.54, 1.807) is 12.1 Å². The number of hydrogen-bond acceptors (Lipinski definition) is 4. The minimum atomic E-state index is -0.598. The monoisotopic (exact) mass is 380 g/mol. The lowest BCUT2D eigenvalue weighted by Gasteiger charge is -2.06. The molecule has 4 nitrogen and oxygen atoms in total. The first-order chi connectivity index (χ1) is 11.0. The second-order valence-electron chi connectivity index (χ2n) is 4.59. The normalized spacial score (nSPS) is 10.8. The van der Waals surface area contributed by atoms with Gasteiger partial charge in [0.05, 0.1) is 14.2 Å². The van der Waals surface area contributed by atoms with Crippen LogP contribution in [0.3, 0.4) is 0 Å². The maximum Gasteiger partial charge on any atom is 0.185 e. The lowest BCUT2D eigenvalue weighted by molar-refractivity contribution is 0.104. The van der Waals surface area contributed by atoms with E-state index in [1.807, 2.05) is 0 Å². The number of halogens is 2. The molecule has 2 aromatic carbocycles. The van der Waals surface area contributed by atoms with Gasteiger partial charge in [0.25, 0.3) is 0 Å². The maximum atomic E-state index is 13.6. The Kier molecular flexibility index (Phi) is 5.39. The molecule has 0 spiro atoms. The average molecular weight is 381 g/mol. The van der Waals surface area contributed by atoms with Crippen molar-refractivity contribution in [3.8, 4) is 17.2 Å². The van der Waals surface area contributed by atoms with E-state index in [0.29, 0.717) is 10.0 Å². The number of phenolic OH excluding ortho intramolecular Hbond substituents is 1. The van der Waals surface area contributed by atoms with Gasteiger partial charge in [0, 0.05) is 10.0 Å². The van der Waals surface area contributed by atoms with E-state index in [0.717, 1.165) is 6.07 Å². The van der Waals surface area contributed by atoms with Crippen LogP contribution in [-0.4, -0.2) is 25.1 Å². The zero-order valence-electron chi connectivity index (χ0n) is 12.5. The van der Waals surface area contributed by atoms with Crippen LogP contribution in [0.1, 0.15) is 15.9 Å². The van der Waals surface area contributed by atoms with Crippen molar-refractivity contribution in [2.24, 2.45) is 0 Å². The molecular weight excluding hydrogens is 367 g/mol. The number of hydrogen-bond donors (Lipinski definition) is 1. The molecule has 0 fully saturated rings. The van der Waals surface area contributed by atoms with E-state index in [2.05, 4.69) is 15.9 Å². The van der Waals surface area contributed by atoms with E-state index in [1.165, 1.54) is 38.5 Å². The highest BCUT2D eigenvalue weighted by molar-refractivity contribution is 9.10. The van der Waals surface area contributed by atoms with Crippen LogP contribution in [0.4, 0.5) is 4.39 Å². The summed E-state index contributed by atoms with van der Waals surface area (Å²) in [7, 11) is 2.79. The van der Waals surface area contributed by atoms with Crippen molar-refractivity contribution in [2.75, 3.05) is 14.2 Å². The minimum Gasteiger partial charge on any atom is -0.504 e. The Bertz CT molecular complexity index is 771. The number of carbonyl (C=O) groups excluding carboxylic acids is 1. The predicted molar refractivity (Wildman–Crippen MR) is 88.7 cm³/mol.